The van der Waals surface area contributed by atoms with Crippen LogP contribution in [0.3, 0.4) is 0 Å². The number of nitrogens with one attached hydrogen (secondary N) is 1. The first-order valence-electron chi connectivity index (χ1n) is 8.02. The molecule has 0 spiro atoms. The van der Waals surface area contributed by atoms with Crippen LogP contribution in [0.5, 0.6) is 0 Å². The van der Waals surface area contributed by atoms with E-state index in [0.29, 0.717) is 6.42 Å². The average molecular weight is 319 g/mol. The van der Waals surface area contributed by atoms with E-state index in [4.69, 9.17) is 4.74 Å². The summed E-state index contributed by atoms with van der Waals surface area (Å²) in [5.74, 6) is -0.0508. The molecule has 1 atom stereocenters. The minimum atomic E-state index is -0.620. The lowest BCUT2D eigenvalue weighted by atomic mass is 10.1. The maximum absolute atomic E-state index is 12.7. The number of likely N-dealkylation sites (tertiary alicyclic amines) is 1. The second-order valence-corrected chi connectivity index (χ2v) is 6.79. The Hall–Kier alpha value is -2.11. The zero-order chi connectivity index (χ0) is 16.9. The third-order valence-corrected chi connectivity index (χ3v) is 3.60. The van der Waals surface area contributed by atoms with Gasteiger partial charge in [-0.25, -0.2) is 4.79 Å². The molecule has 6 nitrogen and oxygen atoms in total. The summed E-state index contributed by atoms with van der Waals surface area (Å²) in [6.07, 6.45) is 5.25. The summed E-state index contributed by atoms with van der Waals surface area (Å²) in [5, 5.41) is 2.73. The maximum Gasteiger partial charge on any atom is 0.408 e. The summed E-state index contributed by atoms with van der Waals surface area (Å²) in [6.45, 7) is 6.90. The first-order valence-corrected chi connectivity index (χ1v) is 8.02. The summed E-state index contributed by atoms with van der Waals surface area (Å²) >= 11 is 0. The van der Waals surface area contributed by atoms with Crippen molar-refractivity contribution < 1.29 is 14.3 Å². The van der Waals surface area contributed by atoms with Gasteiger partial charge in [0.1, 0.15) is 11.6 Å². The second-order valence-electron chi connectivity index (χ2n) is 6.79. The highest BCUT2D eigenvalue weighted by Gasteiger charge is 2.29. The number of carbonyl (C=O) groups is 2. The summed E-state index contributed by atoms with van der Waals surface area (Å²) in [5.41, 5.74) is 0.357. The number of hydrogen-bond acceptors (Lipinski definition) is 4. The van der Waals surface area contributed by atoms with Crippen LogP contribution < -0.4 is 5.32 Å². The lowest BCUT2D eigenvalue weighted by molar-refractivity contribution is -0.132. The van der Waals surface area contributed by atoms with Crippen LogP contribution in [0.1, 0.15) is 39.2 Å². The van der Waals surface area contributed by atoms with Gasteiger partial charge < -0.3 is 15.0 Å². The van der Waals surface area contributed by atoms with Crippen molar-refractivity contribution in [2.45, 2.75) is 51.7 Å². The predicted octanol–water partition coefficient (Wildman–Crippen LogP) is 2.14. The normalized spacial score (nSPS) is 16.0. The van der Waals surface area contributed by atoms with Crippen LogP contribution in [0.2, 0.25) is 0 Å². The molecule has 0 radical (unpaired) electrons. The highest BCUT2D eigenvalue weighted by molar-refractivity contribution is 5.86. The Kier molecular flexibility index (Phi) is 5.58. The first-order chi connectivity index (χ1) is 10.8. The lowest BCUT2D eigenvalue weighted by Gasteiger charge is -2.26. The molecule has 1 aromatic heterocycles. The topological polar surface area (TPSA) is 71.5 Å². The average Bonchev–Trinajstić information content (AvgIpc) is 2.99. The molecule has 0 saturated carbocycles. The predicted molar refractivity (Wildman–Crippen MR) is 86.9 cm³/mol. The van der Waals surface area contributed by atoms with Crippen molar-refractivity contribution in [2.24, 2.45) is 0 Å². The summed E-state index contributed by atoms with van der Waals surface area (Å²) in [7, 11) is 0. The molecule has 1 fully saturated rings. The van der Waals surface area contributed by atoms with Crippen LogP contribution in [0.15, 0.2) is 24.5 Å². The van der Waals surface area contributed by atoms with Gasteiger partial charge in [-0.3, -0.25) is 9.78 Å². The van der Waals surface area contributed by atoms with Crippen LogP contribution in [0.4, 0.5) is 4.79 Å². The zero-order valence-corrected chi connectivity index (χ0v) is 14.0. The molecule has 1 aliphatic rings. The third-order valence-electron chi connectivity index (χ3n) is 3.60. The van der Waals surface area contributed by atoms with Crippen molar-refractivity contribution in [3.05, 3.63) is 30.1 Å². The largest absolute Gasteiger partial charge is 0.444 e. The number of aromatic nitrogens is 1. The van der Waals surface area contributed by atoms with Crippen LogP contribution in [-0.4, -0.2) is 46.6 Å². The molecule has 1 N–H and O–H groups in total. The number of hydrogen-bond donors (Lipinski definition) is 1. The fourth-order valence-electron chi connectivity index (χ4n) is 2.56. The van der Waals surface area contributed by atoms with Crippen molar-refractivity contribution in [3.63, 3.8) is 0 Å². The Labute approximate surface area is 137 Å². The standard InChI is InChI=1S/C17H25N3O3/c1-17(2,3)23-16(22)19-14(12-13-6-8-18-9-7-13)15(21)20-10-4-5-11-20/h6-9,14H,4-5,10-12H2,1-3H3,(H,19,22)/t14-/m0/s1. The van der Waals surface area contributed by atoms with Gasteiger partial charge in [-0.2, -0.15) is 0 Å². The van der Waals surface area contributed by atoms with Gasteiger partial charge in [0.2, 0.25) is 5.91 Å². The number of amides is 2. The maximum atomic E-state index is 12.7. The summed E-state index contributed by atoms with van der Waals surface area (Å²) in [4.78, 5) is 30.5. The number of ether oxygens (including phenoxy) is 1. The fourth-order valence-corrected chi connectivity index (χ4v) is 2.56. The minimum Gasteiger partial charge on any atom is -0.444 e. The monoisotopic (exact) mass is 319 g/mol. The van der Waals surface area contributed by atoms with Crippen molar-refractivity contribution >= 4 is 12.0 Å². The van der Waals surface area contributed by atoms with E-state index in [2.05, 4.69) is 10.3 Å². The van der Waals surface area contributed by atoms with E-state index in [9.17, 15) is 9.59 Å². The number of rotatable bonds is 4. The van der Waals surface area contributed by atoms with E-state index in [1.165, 1.54) is 0 Å². The molecule has 23 heavy (non-hydrogen) atoms. The minimum absolute atomic E-state index is 0.0508. The quantitative estimate of drug-likeness (QED) is 0.923. The van der Waals surface area contributed by atoms with Crippen molar-refractivity contribution in [3.8, 4) is 0 Å². The van der Waals surface area contributed by atoms with Crippen LogP contribution in [-0.2, 0) is 16.0 Å². The van der Waals surface area contributed by atoms with Gasteiger partial charge >= 0.3 is 6.09 Å². The Morgan fingerprint density at radius 3 is 2.43 bits per heavy atom. The smallest absolute Gasteiger partial charge is 0.408 e. The summed E-state index contributed by atoms with van der Waals surface area (Å²) < 4.78 is 5.29. The third kappa shape index (κ3) is 5.54. The molecule has 2 rings (SSSR count). The van der Waals surface area contributed by atoms with Gasteiger partial charge in [0.05, 0.1) is 0 Å². The van der Waals surface area contributed by atoms with Gasteiger partial charge in [-0.15, -0.1) is 0 Å². The van der Waals surface area contributed by atoms with E-state index in [-0.39, 0.29) is 5.91 Å². The molecule has 126 valence electrons. The fraction of sp³-hybridized carbons (Fsp3) is 0.588. The van der Waals surface area contributed by atoms with Crippen LogP contribution in [0, 0.1) is 0 Å². The molecule has 1 saturated heterocycles. The molecule has 0 aliphatic carbocycles. The van der Waals surface area contributed by atoms with Gasteiger partial charge in [0, 0.05) is 31.9 Å². The molecule has 0 bridgehead atoms. The Morgan fingerprint density at radius 2 is 1.87 bits per heavy atom. The highest BCUT2D eigenvalue weighted by atomic mass is 16.6. The summed E-state index contributed by atoms with van der Waals surface area (Å²) in [6, 6.07) is 3.08. The van der Waals surface area contributed by atoms with Crippen molar-refractivity contribution in [2.75, 3.05) is 13.1 Å². The van der Waals surface area contributed by atoms with E-state index in [1.807, 2.05) is 17.0 Å². The molecular weight excluding hydrogens is 294 g/mol. The van der Waals surface area contributed by atoms with Gasteiger partial charge in [-0.1, -0.05) is 0 Å². The van der Waals surface area contributed by atoms with Crippen molar-refractivity contribution in [1.29, 1.82) is 0 Å². The number of alkyl carbamates (subject to hydrolysis) is 1. The SMILES string of the molecule is CC(C)(C)OC(=O)N[C@@H](Cc1ccncc1)C(=O)N1CCCC1. The molecule has 2 heterocycles. The molecule has 6 heteroatoms. The van der Waals surface area contributed by atoms with E-state index in [0.717, 1.165) is 31.5 Å². The Morgan fingerprint density at radius 1 is 1.26 bits per heavy atom. The Balaban J connectivity index is 2.07. The van der Waals surface area contributed by atoms with Crippen LogP contribution >= 0.6 is 0 Å². The molecule has 0 aromatic carbocycles. The molecule has 0 unspecified atom stereocenters. The van der Waals surface area contributed by atoms with E-state index >= 15 is 0 Å². The number of nitrogens with zero attached hydrogens (tertiary/aromatic N) is 2. The molecule has 2 amide bonds. The number of carbonyl (C=O) groups excluding carboxylic acids is 2. The van der Waals surface area contributed by atoms with E-state index in [1.54, 1.807) is 33.2 Å². The van der Waals surface area contributed by atoms with Crippen molar-refractivity contribution in [1.82, 2.24) is 15.2 Å². The Bertz CT molecular complexity index is 534. The first kappa shape index (κ1) is 17.2. The molecule has 1 aliphatic heterocycles. The van der Waals surface area contributed by atoms with E-state index < -0.39 is 17.7 Å². The highest BCUT2D eigenvalue weighted by Crippen LogP contribution is 2.13. The van der Waals surface area contributed by atoms with Gasteiger partial charge in [0.25, 0.3) is 0 Å². The zero-order valence-electron chi connectivity index (χ0n) is 14.0. The van der Waals surface area contributed by atoms with Crippen LogP contribution in [0.25, 0.3) is 0 Å². The number of pyridine rings is 1. The second kappa shape index (κ2) is 7.44. The van der Waals surface area contributed by atoms with Gasteiger partial charge in [0.15, 0.2) is 0 Å². The van der Waals surface area contributed by atoms with Gasteiger partial charge in [-0.05, 0) is 51.3 Å². The molecular formula is C17H25N3O3. The lowest BCUT2D eigenvalue weighted by Crippen LogP contribution is -2.50. The molecule has 1 aromatic rings.